The Kier molecular flexibility index (Phi) is 5.99. The number of carboxylic acids is 1. The number of nitrogens with zero attached hydrogens (tertiary/aromatic N) is 2. The molecular formula is C12H19N3O2. The van der Waals surface area contributed by atoms with Gasteiger partial charge in [0.1, 0.15) is 12.1 Å². The molecule has 0 aliphatic rings. The summed E-state index contributed by atoms with van der Waals surface area (Å²) in [6.07, 6.45) is 5.33. The molecule has 0 aliphatic carbocycles. The molecule has 1 aromatic rings. The summed E-state index contributed by atoms with van der Waals surface area (Å²) >= 11 is 0. The van der Waals surface area contributed by atoms with Gasteiger partial charge in [-0.25, -0.2) is 9.97 Å². The van der Waals surface area contributed by atoms with E-state index in [1.54, 1.807) is 6.33 Å². The summed E-state index contributed by atoms with van der Waals surface area (Å²) in [4.78, 5) is 18.5. The highest BCUT2D eigenvalue weighted by molar-refractivity contribution is 5.66. The third kappa shape index (κ3) is 5.85. The van der Waals surface area contributed by atoms with Crippen LogP contribution in [0.4, 0.5) is 5.82 Å². The third-order valence-corrected chi connectivity index (χ3v) is 2.46. The van der Waals surface area contributed by atoms with Crippen molar-refractivity contribution < 1.29 is 9.90 Å². The van der Waals surface area contributed by atoms with Crippen LogP contribution in [0.1, 0.15) is 38.3 Å². The van der Waals surface area contributed by atoms with Gasteiger partial charge in [0.15, 0.2) is 0 Å². The predicted molar refractivity (Wildman–Crippen MR) is 66.0 cm³/mol. The lowest BCUT2D eigenvalue weighted by molar-refractivity contribution is -0.137. The van der Waals surface area contributed by atoms with Crippen molar-refractivity contribution in [2.75, 3.05) is 11.9 Å². The van der Waals surface area contributed by atoms with Crippen LogP contribution in [0.5, 0.6) is 0 Å². The Labute approximate surface area is 101 Å². The summed E-state index contributed by atoms with van der Waals surface area (Å²) < 4.78 is 0. The van der Waals surface area contributed by atoms with Crippen molar-refractivity contribution in [1.82, 2.24) is 9.97 Å². The largest absolute Gasteiger partial charge is 0.481 e. The summed E-state index contributed by atoms with van der Waals surface area (Å²) in [5, 5.41) is 11.7. The van der Waals surface area contributed by atoms with E-state index < -0.39 is 5.97 Å². The van der Waals surface area contributed by atoms with E-state index in [0.717, 1.165) is 43.7 Å². The Balaban J connectivity index is 2.15. The summed E-state index contributed by atoms with van der Waals surface area (Å²) in [6.45, 7) is 2.87. The second-order valence-corrected chi connectivity index (χ2v) is 3.88. The van der Waals surface area contributed by atoms with Crippen LogP contribution in [0.2, 0.25) is 0 Å². The van der Waals surface area contributed by atoms with Gasteiger partial charge in [0, 0.05) is 24.7 Å². The minimum absolute atomic E-state index is 0.257. The molecule has 0 unspecified atom stereocenters. The molecule has 0 aliphatic heterocycles. The number of aliphatic carboxylic acids is 1. The zero-order valence-corrected chi connectivity index (χ0v) is 10.1. The molecule has 17 heavy (non-hydrogen) atoms. The smallest absolute Gasteiger partial charge is 0.303 e. The fraction of sp³-hybridized carbons (Fsp3) is 0.583. The van der Waals surface area contributed by atoms with Gasteiger partial charge in [0.2, 0.25) is 0 Å². The van der Waals surface area contributed by atoms with Gasteiger partial charge in [-0.1, -0.05) is 13.3 Å². The molecule has 5 nitrogen and oxygen atoms in total. The SMILES string of the molecule is CCc1cc(NCCCCCC(=O)O)ncn1. The molecule has 0 bridgehead atoms. The predicted octanol–water partition coefficient (Wildman–Crippen LogP) is 2.10. The van der Waals surface area contributed by atoms with Crippen LogP contribution in [0.25, 0.3) is 0 Å². The fourth-order valence-electron chi connectivity index (χ4n) is 1.48. The van der Waals surface area contributed by atoms with Crippen molar-refractivity contribution in [1.29, 1.82) is 0 Å². The molecule has 0 amide bonds. The van der Waals surface area contributed by atoms with E-state index in [1.165, 1.54) is 0 Å². The van der Waals surface area contributed by atoms with E-state index in [4.69, 9.17) is 5.11 Å². The first-order chi connectivity index (χ1) is 8.22. The number of aromatic nitrogens is 2. The summed E-state index contributed by atoms with van der Waals surface area (Å²) in [5.74, 6) is 0.122. The lowest BCUT2D eigenvalue weighted by atomic mass is 10.2. The van der Waals surface area contributed by atoms with Crippen molar-refractivity contribution in [2.24, 2.45) is 0 Å². The quantitative estimate of drug-likeness (QED) is 0.677. The number of anilines is 1. The molecule has 0 aromatic carbocycles. The zero-order chi connectivity index (χ0) is 12.5. The first-order valence-electron chi connectivity index (χ1n) is 5.99. The molecule has 1 rings (SSSR count). The van der Waals surface area contributed by atoms with Gasteiger partial charge < -0.3 is 10.4 Å². The van der Waals surface area contributed by atoms with Gasteiger partial charge in [-0.15, -0.1) is 0 Å². The Morgan fingerprint density at radius 2 is 2.18 bits per heavy atom. The highest BCUT2D eigenvalue weighted by Gasteiger charge is 1.98. The number of carbonyl (C=O) groups is 1. The average Bonchev–Trinajstić information content (AvgIpc) is 2.33. The lowest BCUT2D eigenvalue weighted by Gasteiger charge is -2.05. The lowest BCUT2D eigenvalue weighted by Crippen LogP contribution is -2.04. The summed E-state index contributed by atoms with van der Waals surface area (Å²) in [5.41, 5.74) is 1.02. The maximum Gasteiger partial charge on any atom is 0.303 e. The number of hydrogen-bond donors (Lipinski definition) is 2. The van der Waals surface area contributed by atoms with Crippen LogP contribution in [0.15, 0.2) is 12.4 Å². The second kappa shape index (κ2) is 7.60. The monoisotopic (exact) mass is 237 g/mol. The topological polar surface area (TPSA) is 75.1 Å². The number of carboxylic acid groups (broad SMARTS) is 1. The van der Waals surface area contributed by atoms with E-state index in [0.29, 0.717) is 0 Å². The van der Waals surface area contributed by atoms with Crippen LogP contribution >= 0.6 is 0 Å². The van der Waals surface area contributed by atoms with E-state index in [-0.39, 0.29) is 6.42 Å². The van der Waals surface area contributed by atoms with E-state index in [9.17, 15) is 4.79 Å². The molecule has 0 fully saturated rings. The Hall–Kier alpha value is -1.65. The average molecular weight is 237 g/mol. The van der Waals surface area contributed by atoms with Gasteiger partial charge in [-0.05, 0) is 19.3 Å². The molecule has 0 spiro atoms. The number of rotatable bonds is 8. The molecule has 2 N–H and O–H groups in total. The highest BCUT2D eigenvalue weighted by atomic mass is 16.4. The maximum absolute atomic E-state index is 10.3. The molecule has 0 saturated carbocycles. The molecule has 1 aromatic heterocycles. The zero-order valence-electron chi connectivity index (χ0n) is 10.1. The third-order valence-electron chi connectivity index (χ3n) is 2.46. The van der Waals surface area contributed by atoms with Gasteiger partial charge >= 0.3 is 5.97 Å². The number of hydrogen-bond acceptors (Lipinski definition) is 4. The standard InChI is InChI=1S/C12H19N3O2/c1-2-10-8-11(15-9-14-10)13-7-5-3-4-6-12(16)17/h8-9H,2-7H2,1H3,(H,16,17)(H,13,14,15). The molecule has 94 valence electrons. The highest BCUT2D eigenvalue weighted by Crippen LogP contribution is 2.05. The molecule has 0 saturated heterocycles. The van der Waals surface area contributed by atoms with Crippen molar-refractivity contribution in [3.63, 3.8) is 0 Å². The van der Waals surface area contributed by atoms with Gasteiger partial charge in [0.25, 0.3) is 0 Å². The van der Waals surface area contributed by atoms with Gasteiger partial charge in [-0.2, -0.15) is 0 Å². The van der Waals surface area contributed by atoms with Crippen LogP contribution in [0, 0.1) is 0 Å². The first-order valence-corrected chi connectivity index (χ1v) is 5.99. The number of unbranched alkanes of at least 4 members (excludes halogenated alkanes) is 2. The maximum atomic E-state index is 10.3. The van der Waals surface area contributed by atoms with E-state index in [2.05, 4.69) is 22.2 Å². The van der Waals surface area contributed by atoms with E-state index in [1.807, 2.05) is 6.07 Å². The van der Waals surface area contributed by atoms with Gasteiger partial charge in [-0.3, -0.25) is 4.79 Å². The Bertz CT molecular complexity index is 355. The van der Waals surface area contributed by atoms with Crippen LogP contribution in [-0.2, 0) is 11.2 Å². The minimum Gasteiger partial charge on any atom is -0.481 e. The number of aryl methyl sites for hydroxylation is 1. The van der Waals surface area contributed by atoms with Crippen molar-refractivity contribution in [2.45, 2.75) is 39.0 Å². The van der Waals surface area contributed by atoms with Crippen molar-refractivity contribution >= 4 is 11.8 Å². The summed E-state index contributed by atoms with van der Waals surface area (Å²) in [7, 11) is 0. The second-order valence-electron chi connectivity index (χ2n) is 3.88. The number of nitrogens with one attached hydrogen (secondary N) is 1. The minimum atomic E-state index is -0.721. The molecule has 0 atom stereocenters. The molecule has 5 heteroatoms. The Morgan fingerprint density at radius 3 is 2.88 bits per heavy atom. The van der Waals surface area contributed by atoms with Crippen molar-refractivity contribution in [3.8, 4) is 0 Å². The normalized spacial score (nSPS) is 10.2. The Morgan fingerprint density at radius 1 is 1.35 bits per heavy atom. The van der Waals surface area contributed by atoms with Gasteiger partial charge in [0.05, 0.1) is 0 Å². The molecular weight excluding hydrogens is 218 g/mol. The van der Waals surface area contributed by atoms with Crippen molar-refractivity contribution in [3.05, 3.63) is 18.1 Å². The van der Waals surface area contributed by atoms with Crippen LogP contribution in [-0.4, -0.2) is 27.6 Å². The van der Waals surface area contributed by atoms with E-state index >= 15 is 0 Å². The summed E-state index contributed by atoms with van der Waals surface area (Å²) in [6, 6.07) is 1.94. The fourth-order valence-corrected chi connectivity index (χ4v) is 1.48. The van der Waals surface area contributed by atoms with Crippen LogP contribution in [0.3, 0.4) is 0 Å². The molecule has 1 heterocycles. The molecule has 0 radical (unpaired) electrons. The van der Waals surface area contributed by atoms with Crippen LogP contribution < -0.4 is 5.32 Å². The first kappa shape index (κ1) is 13.4.